The maximum atomic E-state index is 13.2. The number of aromatic hydroxyl groups is 1. The number of carbonyl (C=O) groups is 1. The van der Waals surface area contributed by atoms with Crippen LogP contribution in [-0.4, -0.2) is 31.1 Å². The third kappa shape index (κ3) is 2.59. The van der Waals surface area contributed by atoms with Gasteiger partial charge in [-0.15, -0.1) is 11.3 Å². The van der Waals surface area contributed by atoms with Gasteiger partial charge in [-0.05, 0) is 35.2 Å². The molecule has 28 heavy (non-hydrogen) atoms. The van der Waals surface area contributed by atoms with Gasteiger partial charge >= 0.3 is 0 Å². The zero-order chi connectivity index (χ0) is 19.1. The number of pyridine rings is 1. The minimum absolute atomic E-state index is 0.105. The van der Waals surface area contributed by atoms with Gasteiger partial charge in [-0.2, -0.15) is 5.10 Å². The Labute approximate surface area is 165 Å². The summed E-state index contributed by atoms with van der Waals surface area (Å²) in [4.78, 5) is 20.3. The molecule has 4 heterocycles. The molecule has 0 fully saturated rings. The van der Waals surface area contributed by atoms with Crippen LogP contribution in [0.2, 0.25) is 0 Å². The van der Waals surface area contributed by atoms with Gasteiger partial charge in [0, 0.05) is 34.9 Å². The number of amides is 1. The lowest BCUT2D eigenvalue weighted by Gasteiger charge is -2.25. The number of hydrogen-bond donors (Lipinski definition) is 2. The highest BCUT2D eigenvalue weighted by Crippen LogP contribution is 2.45. The Hall–Kier alpha value is -3.45. The third-order valence-corrected chi connectivity index (χ3v) is 5.84. The highest BCUT2D eigenvalue weighted by molar-refractivity contribution is 7.10. The third-order valence-electron chi connectivity index (χ3n) is 4.91. The van der Waals surface area contributed by atoms with E-state index in [-0.39, 0.29) is 17.7 Å². The van der Waals surface area contributed by atoms with Crippen LogP contribution in [0.3, 0.4) is 0 Å². The van der Waals surface area contributed by atoms with Gasteiger partial charge in [-0.3, -0.25) is 14.9 Å². The molecule has 1 aromatic carbocycles. The van der Waals surface area contributed by atoms with Crippen molar-refractivity contribution in [2.75, 3.05) is 0 Å². The van der Waals surface area contributed by atoms with Gasteiger partial charge in [0.05, 0.1) is 6.04 Å². The van der Waals surface area contributed by atoms with E-state index in [1.807, 2.05) is 46.7 Å². The molecular formula is C21H16N4O2S. The van der Waals surface area contributed by atoms with Crippen molar-refractivity contribution in [2.24, 2.45) is 0 Å². The molecule has 138 valence electrons. The molecule has 2 N–H and O–H groups in total. The predicted octanol–water partition coefficient (Wildman–Crippen LogP) is 3.98. The maximum Gasteiger partial charge on any atom is 0.273 e. The van der Waals surface area contributed by atoms with Crippen LogP contribution in [0, 0.1) is 0 Å². The first-order valence-corrected chi connectivity index (χ1v) is 9.72. The van der Waals surface area contributed by atoms with E-state index in [0.29, 0.717) is 23.5 Å². The summed E-state index contributed by atoms with van der Waals surface area (Å²) in [6.45, 7) is 0.442. The maximum absolute atomic E-state index is 13.2. The lowest BCUT2D eigenvalue weighted by Crippen LogP contribution is -2.28. The first-order valence-electron chi connectivity index (χ1n) is 8.84. The number of nitrogens with zero attached hydrogens (tertiary/aromatic N) is 3. The first-order chi connectivity index (χ1) is 13.7. The Morgan fingerprint density at radius 2 is 2.04 bits per heavy atom. The van der Waals surface area contributed by atoms with Crippen molar-refractivity contribution in [3.63, 3.8) is 0 Å². The summed E-state index contributed by atoms with van der Waals surface area (Å²) in [5.74, 6) is 0.0336. The van der Waals surface area contributed by atoms with Gasteiger partial charge in [0.15, 0.2) is 0 Å². The molecule has 0 saturated heterocycles. The number of para-hydroxylation sites is 1. The Morgan fingerprint density at radius 1 is 1.14 bits per heavy atom. The van der Waals surface area contributed by atoms with Crippen LogP contribution in [0.5, 0.6) is 5.75 Å². The SMILES string of the molecule is O=C1c2[nH]nc(-c3ccccc3O)c2C(c2cccs2)N1Cc1cccnc1. The summed E-state index contributed by atoms with van der Waals surface area (Å²) in [5, 5.41) is 19.6. The quantitative estimate of drug-likeness (QED) is 0.554. The number of fused-ring (bicyclic) bond motifs is 1. The van der Waals surface area contributed by atoms with Gasteiger partial charge in [0.25, 0.3) is 5.91 Å². The molecule has 0 bridgehead atoms. The lowest BCUT2D eigenvalue weighted by molar-refractivity contribution is 0.0732. The molecule has 0 aliphatic carbocycles. The summed E-state index contributed by atoms with van der Waals surface area (Å²) in [7, 11) is 0. The number of aromatic nitrogens is 3. The molecule has 4 aromatic rings. The normalized spacial score (nSPS) is 15.8. The zero-order valence-corrected chi connectivity index (χ0v) is 15.6. The molecule has 1 unspecified atom stereocenters. The second-order valence-electron chi connectivity index (χ2n) is 6.59. The average molecular weight is 388 g/mol. The highest BCUT2D eigenvalue weighted by atomic mass is 32.1. The molecule has 0 spiro atoms. The largest absolute Gasteiger partial charge is 0.507 e. The number of thiophene rings is 1. The second kappa shape index (κ2) is 6.61. The van der Waals surface area contributed by atoms with E-state index in [2.05, 4.69) is 15.2 Å². The Morgan fingerprint density at radius 3 is 2.79 bits per heavy atom. The fourth-order valence-corrected chi connectivity index (χ4v) is 4.52. The number of aromatic amines is 1. The molecule has 6 nitrogen and oxygen atoms in total. The number of rotatable bonds is 4. The molecule has 1 atom stereocenters. The highest BCUT2D eigenvalue weighted by Gasteiger charge is 2.42. The van der Waals surface area contributed by atoms with E-state index in [0.717, 1.165) is 16.0 Å². The summed E-state index contributed by atoms with van der Waals surface area (Å²) < 4.78 is 0. The summed E-state index contributed by atoms with van der Waals surface area (Å²) in [5.41, 5.74) is 3.45. The number of H-pyrrole nitrogens is 1. The van der Waals surface area contributed by atoms with Crippen molar-refractivity contribution in [1.82, 2.24) is 20.1 Å². The second-order valence-corrected chi connectivity index (χ2v) is 7.57. The van der Waals surface area contributed by atoms with E-state index < -0.39 is 0 Å². The van der Waals surface area contributed by atoms with Crippen molar-refractivity contribution in [2.45, 2.75) is 12.6 Å². The fourth-order valence-electron chi connectivity index (χ4n) is 3.67. The predicted molar refractivity (Wildman–Crippen MR) is 106 cm³/mol. The molecule has 3 aromatic heterocycles. The van der Waals surface area contributed by atoms with Crippen LogP contribution in [0.1, 0.15) is 32.5 Å². The Balaban J connectivity index is 1.65. The number of hydrogen-bond acceptors (Lipinski definition) is 5. The van der Waals surface area contributed by atoms with Gasteiger partial charge in [0.2, 0.25) is 0 Å². The van der Waals surface area contributed by atoms with E-state index in [1.165, 1.54) is 0 Å². The average Bonchev–Trinajstić information content (AvgIpc) is 3.43. The van der Waals surface area contributed by atoms with E-state index in [4.69, 9.17) is 0 Å². The standard InChI is InChI=1S/C21H16N4O2S/c26-15-7-2-1-6-14(15)18-17-19(24-23-18)21(27)25(12-13-5-3-9-22-11-13)20(17)16-8-4-10-28-16/h1-11,20,26H,12H2,(H,23,24). The molecule has 0 saturated carbocycles. The van der Waals surface area contributed by atoms with Crippen molar-refractivity contribution in [1.29, 1.82) is 0 Å². The fraction of sp³-hybridized carbons (Fsp3) is 0.0952. The Kier molecular flexibility index (Phi) is 3.95. The summed E-state index contributed by atoms with van der Waals surface area (Å²) in [6, 6.07) is 14.6. The molecule has 0 radical (unpaired) electrons. The van der Waals surface area contributed by atoms with Gasteiger partial charge < -0.3 is 10.0 Å². The molecule has 1 amide bonds. The smallest absolute Gasteiger partial charge is 0.273 e. The van der Waals surface area contributed by atoms with Gasteiger partial charge in [0.1, 0.15) is 17.1 Å². The Bertz CT molecular complexity index is 1140. The molecule has 1 aliphatic rings. The van der Waals surface area contributed by atoms with Crippen LogP contribution in [0.25, 0.3) is 11.3 Å². The van der Waals surface area contributed by atoms with Crippen molar-refractivity contribution in [3.05, 3.63) is 88.0 Å². The van der Waals surface area contributed by atoms with Crippen LogP contribution in [0.15, 0.2) is 66.3 Å². The van der Waals surface area contributed by atoms with E-state index >= 15 is 0 Å². The van der Waals surface area contributed by atoms with Gasteiger partial charge in [-0.1, -0.05) is 24.3 Å². The number of nitrogens with one attached hydrogen (secondary N) is 1. The van der Waals surface area contributed by atoms with E-state index in [9.17, 15) is 9.90 Å². The summed E-state index contributed by atoms with van der Waals surface area (Å²) >= 11 is 1.60. The minimum Gasteiger partial charge on any atom is -0.507 e. The minimum atomic E-state index is -0.268. The molecule has 5 rings (SSSR count). The summed E-state index contributed by atoms with van der Waals surface area (Å²) in [6.07, 6.45) is 3.49. The molecule has 1 aliphatic heterocycles. The van der Waals surface area contributed by atoms with E-state index in [1.54, 1.807) is 35.9 Å². The number of phenolic OH excluding ortho intramolecular Hbond substituents is 1. The first kappa shape index (κ1) is 16.7. The van der Waals surface area contributed by atoms with Gasteiger partial charge in [-0.25, -0.2) is 0 Å². The number of carbonyl (C=O) groups excluding carboxylic acids is 1. The van der Waals surface area contributed by atoms with Crippen molar-refractivity contribution in [3.8, 4) is 17.0 Å². The number of benzene rings is 1. The van der Waals surface area contributed by atoms with Crippen molar-refractivity contribution >= 4 is 17.2 Å². The number of phenols is 1. The van der Waals surface area contributed by atoms with Crippen LogP contribution in [0.4, 0.5) is 0 Å². The van der Waals surface area contributed by atoms with Crippen molar-refractivity contribution < 1.29 is 9.90 Å². The molecule has 7 heteroatoms. The van der Waals surface area contributed by atoms with Crippen LogP contribution >= 0.6 is 11.3 Å². The monoisotopic (exact) mass is 388 g/mol. The topological polar surface area (TPSA) is 82.1 Å². The van der Waals surface area contributed by atoms with Crippen LogP contribution < -0.4 is 0 Å². The van der Waals surface area contributed by atoms with Crippen LogP contribution in [-0.2, 0) is 6.54 Å². The lowest BCUT2D eigenvalue weighted by atomic mass is 10.00. The zero-order valence-electron chi connectivity index (χ0n) is 14.7. The molecular weight excluding hydrogens is 372 g/mol.